The van der Waals surface area contributed by atoms with Gasteiger partial charge in [-0.1, -0.05) is 35.9 Å². The first kappa shape index (κ1) is 23.8. The molecule has 0 atom stereocenters. The minimum Gasteiger partial charge on any atom is -0.493 e. The summed E-state index contributed by atoms with van der Waals surface area (Å²) >= 11 is 0. The average Bonchev–Trinajstić information content (AvgIpc) is 3.22. The predicted octanol–water partition coefficient (Wildman–Crippen LogP) is 3.44. The lowest BCUT2D eigenvalue weighted by atomic mass is 10.2. The molecule has 0 saturated carbocycles. The number of carbonyl (C=O) groups excluding carboxylic acids is 2. The summed E-state index contributed by atoms with van der Waals surface area (Å²) < 4.78 is 12.8. The maximum absolute atomic E-state index is 12.4. The van der Waals surface area contributed by atoms with Gasteiger partial charge in [-0.25, -0.2) is 0 Å². The van der Waals surface area contributed by atoms with E-state index in [4.69, 9.17) is 9.47 Å². The number of likely N-dealkylation sites (N-methyl/N-ethyl adjacent to an activating group) is 1. The molecule has 1 N–H and O–H groups in total. The van der Waals surface area contributed by atoms with Crippen LogP contribution in [0.15, 0.2) is 60.9 Å². The molecule has 2 amide bonds. The molecule has 0 spiro atoms. The average molecular weight is 451 g/mol. The van der Waals surface area contributed by atoms with E-state index < -0.39 is 0 Å². The number of para-hydroxylation sites is 1. The van der Waals surface area contributed by atoms with E-state index in [-0.39, 0.29) is 31.4 Å². The summed E-state index contributed by atoms with van der Waals surface area (Å²) in [6, 6.07) is 15.4. The van der Waals surface area contributed by atoms with E-state index in [1.165, 1.54) is 16.4 Å². The molecule has 0 aliphatic carbocycles. The molecule has 0 aliphatic heterocycles. The van der Waals surface area contributed by atoms with Gasteiger partial charge in [0.2, 0.25) is 11.8 Å². The second kappa shape index (κ2) is 11.7. The number of aromatic nitrogens is 2. The highest BCUT2D eigenvalue weighted by atomic mass is 16.5. The molecule has 0 unspecified atom stereocenters. The molecule has 1 heterocycles. The first-order valence-electron chi connectivity index (χ1n) is 10.8. The summed E-state index contributed by atoms with van der Waals surface area (Å²) in [6.45, 7) is 5.18. The number of carbonyl (C=O) groups is 2. The van der Waals surface area contributed by atoms with Gasteiger partial charge in [0.25, 0.3) is 0 Å². The van der Waals surface area contributed by atoms with Crippen LogP contribution in [0, 0.1) is 13.8 Å². The summed E-state index contributed by atoms with van der Waals surface area (Å²) in [4.78, 5) is 26.2. The molecule has 174 valence electrons. The zero-order chi connectivity index (χ0) is 23.6. The molecule has 1 aromatic heterocycles. The number of nitrogens with one attached hydrogen (secondary N) is 1. The molecule has 0 aliphatic rings. The number of aryl methyl sites for hydroxylation is 2. The van der Waals surface area contributed by atoms with Crippen molar-refractivity contribution < 1.29 is 19.1 Å². The van der Waals surface area contributed by atoms with Crippen molar-refractivity contribution in [1.82, 2.24) is 14.7 Å². The lowest BCUT2D eigenvalue weighted by Crippen LogP contribution is -2.33. The second-order valence-electron chi connectivity index (χ2n) is 7.82. The molecule has 3 aromatic rings. The van der Waals surface area contributed by atoms with Gasteiger partial charge in [-0.15, -0.1) is 0 Å². The highest BCUT2D eigenvalue weighted by Gasteiger charge is 2.12. The summed E-state index contributed by atoms with van der Waals surface area (Å²) in [5.74, 6) is 1.26. The first-order valence-corrected chi connectivity index (χ1v) is 10.8. The van der Waals surface area contributed by atoms with Gasteiger partial charge in [-0.3, -0.25) is 14.3 Å². The van der Waals surface area contributed by atoms with E-state index in [9.17, 15) is 9.59 Å². The summed E-state index contributed by atoms with van der Waals surface area (Å²) in [6.07, 6.45) is 3.37. The van der Waals surface area contributed by atoms with Crippen LogP contribution in [0.4, 0.5) is 5.69 Å². The van der Waals surface area contributed by atoms with Crippen LogP contribution < -0.4 is 14.8 Å². The van der Waals surface area contributed by atoms with Crippen LogP contribution in [0.5, 0.6) is 11.5 Å². The van der Waals surface area contributed by atoms with Gasteiger partial charge >= 0.3 is 0 Å². The van der Waals surface area contributed by atoms with Crippen molar-refractivity contribution in [2.24, 2.45) is 0 Å². The van der Waals surface area contributed by atoms with E-state index in [0.717, 1.165) is 17.1 Å². The van der Waals surface area contributed by atoms with Gasteiger partial charge in [0.05, 0.1) is 31.5 Å². The van der Waals surface area contributed by atoms with E-state index in [1.807, 2.05) is 62.4 Å². The van der Waals surface area contributed by atoms with Gasteiger partial charge in [-0.05, 0) is 37.6 Å². The Labute approximate surface area is 194 Å². The lowest BCUT2D eigenvalue weighted by Gasteiger charge is -2.17. The Morgan fingerprint density at radius 3 is 2.55 bits per heavy atom. The molecule has 0 fully saturated rings. The number of hydrogen-bond acceptors (Lipinski definition) is 5. The Morgan fingerprint density at radius 2 is 1.79 bits per heavy atom. The van der Waals surface area contributed by atoms with Crippen molar-refractivity contribution in [3.8, 4) is 11.5 Å². The standard InChI is InChI=1S/C25H30N4O4/c1-19-8-10-22(11-9-19)32-15-13-28(3)25(31)18-29-17-21(16-26-29)27-24(30)12-14-33-23-7-5-4-6-20(23)2/h4-11,16-17H,12-15,18H2,1-3H3,(H,27,30). The highest BCUT2D eigenvalue weighted by molar-refractivity contribution is 5.90. The Balaban J connectivity index is 1.37. The van der Waals surface area contributed by atoms with Crippen LogP contribution >= 0.6 is 0 Å². The van der Waals surface area contributed by atoms with E-state index in [2.05, 4.69) is 10.4 Å². The number of hydrogen-bond donors (Lipinski definition) is 1. The molecular formula is C25H30N4O4. The number of benzene rings is 2. The van der Waals surface area contributed by atoms with Crippen LogP contribution in [0.2, 0.25) is 0 Å². The van der Waals surface area contributed by atoms with Gasteiger partial charge in [-0.2, -0.15) is 5.10 Å². The van der Waals surface area contributed by atoms with Gasteiger partial charge in [0, 0.05) is 13.2 Å². The van der Waals surface area contributed by atoms with Crippen molar-refractivity contribution in [1.29, 1.82) is 0 Å². The highest BCUT2D eigenvalue weighted by Crippen LogP contribution is 2.16. The van der Waals surface area contributed by atoms with Crippen molar-refractivity contribution >= 4 is 17.5 Å². The molecule has 3 rings (SSSR count). The third-order valence-electron chi connectivity index (χ3n) is 5.04. The van der Waals surface area contributed by atoms with Crippen LogP contribution in [-0.2, 0) is 16.1 Å². The Morgan fingerprint density at radius 1 is 1.03 bits per heavy atom. The fourth-order valence-electron chi connectivity index (χ4n) is 3.03. The molecule has 0 saturated heterocycles. The zero-order valence-corrected chi connectivity index (χ0v) is 19.3. The third-order valence-corrected chi connectivity index (χ3v) is 5.04. The Hall–Kier alpha value is -3.81. The maximum atomic E-state index is 12.4. The van der Waals surface area contributed by atoms with E-state index in [0.29, 0.717) is 18.8 Å². The molecular weight excluding hydrogens is 420 g/mol. The lowest BCUT2D eigenvalue weighted by molar-refractivity contribution is -0.131. The Bertz CT molecular complexity index is 1060. The topological polar surface area (TPSA) is 85.7 Å². The molecule has 33 heavy (non-hydrogen) atoms. The monoisotopic (exact) mass is 450 g/mol. The molecule has 0 radical (unpaired) electrons. The van der Waals surface area contributed by atoms with Crippen LogP contribution in [0.3, 0.4) is 0 Å². The summed E-state index contributed by atoms with van der Waals surface area (Å²) in [5.41, 5.74) is 2.73. The van der Waals surface area contributed by atoms with Gasteiger partial charge < -0.3 is 19.7 Å². The zero-order valence-electron chi connectivity index (χ0n) is 19.3. The fraction of sp³-hybridized carbons (Fsp3) is 0.320. The van der Waals surface area contributed by atoms with Gasteiger partial charge in [0.15, 0.2) is 0 Å². The van der Waals surface area contributed by atoms with Crippen molar-refractivity contribution in [3.05, 3.63) is 72.1 Å². The fourth-order valence-corrected chi connectivity index (χ4v) is 3.03. The van der Waals surface area contributed by atoms with Crippen molar-refractivity contribution in [2.75, 3.05) is 32.1 Å². The Kier molecular flexibility index (Phi) is 8.46. The minimum atomic E-state index is -0.181. The summed E-state index contributed by atoms with van der Waals surface area (Å²) in [7, 11) is 1.72. The van der Waals surface area contributed by atoms with Crippen LogP contribution in [0.1, 0.15) is 17.5 Å². The molecule has 2 aromatic carbocycles. The van der Waals surface area contributed by atoms with Crippen LogP contribution in [0.25, 0.3) is 0 Å². The first-order chi connectivity index (χ1) is 15.9. The summed E-state index contributed by atoms with van der Waals surface area (Å²) in [5, 5.41) is 6.93. The molecule has 8 nitrogen and oxygen atoms in total. The molecule has 0 bridgehead atoms. The number of nitrogens with zero attached hydrogens (tertiary/aromatic N) is 3. The quantitative estimate of drug-likeness (QED) is 0.484. The second-order valence-corrected chi connectivity index (χ2v) is 7.82. The van der Waals surface area contributed by atoms with Crippen LogP contribution in [-0.4, -0.2) is 53.3 Å². The number of ether oxygens (including phenoxy) is 2. The third kappa shape index (κ3) is 7.68. The number of rotatable bonds is 11. The SMILES string of the molecule is Cc1ccc(OCCN(C)C(=O)Cn2cc(NC(=O)CCOc3ccccc3C)cn2)cc1. The largest absolute Gasteiger partial charge is 0.493 e. The van der Waals surface area contributed by atoms with Gasteiger partial charge in [0.1, 0.15) is 24.7 Å². The van der Waals surface area contributed by atoms with E-state index in [1.54, 1.807) is 18.1 Å². The molecule has 8 heteroatoms. The smallest absolute Gasteiger partial charge is 0.244 e. The number of amides is 2. The maximum Gasteiger partial charge on any atom is 0.244 e. The predicted molar refractivity (Wildman–Crippen MR) is 126 cm³/mol. The van der Waals surface area contributed by atoms with Crippen molar-refractivity contribution in [3.63, 3.8) is 0 Å². The minimum absolute atomic E-state index is 0.0767. The number of anilines is 1. The van der Waals surface area contributed by atoms with E-state index >= 15 is 0 Å². The normalized spacial score (nSPS) is 10.5. The van der Waals surface area contributed by atoms with Crippen molar-refractivity contribution in [2.45, 2.75) is 26.8 Å².